The Labute approximate surface area is 154 Å². The molecule has 25 heavy (non-hydrogen) atoms. The molecule has 126 valence electrons. The van der Waals surface area contributed by atoms with Crippen molar-refractivity contribution in [1.29, 1.82) is 0 Å². The van der Waals surface area contributed by atoms with Crippen LogP contribution in [0, 0.1) is 13.8 Å². The van der Waals surface area contributed by atoms with Crippen LogP contribution in [-0.4, -0.2) is 10.1 Å². The predicted molar refractivity (Wildman–Crippen MR) is 108 cm³/mol. The van der Waals surface area contributed by atoms with Crippen molar-refractivity contribution >= 4 is 23.1 Å². The second-order valence-corrected chi connectivity index (χ2v) is 6.38. The molecule has 0 aliphatic heterocycles. The van der Waals surface area contributed by atoms with Gasteiger partial charge in [-0.2, -0.15) is 0 Å². The Morgan fingerprint density at radius 3 is 2.28 bits per heavy atom. The minimum Gasteiger partial charge on any atom is -0.351 e. The molecule has 3 aromatic rings. The third-order valence-corrected chi connectivity index (χ3v) is 4.37. The van der Waals surface area contributed by atoms with Gasteiger partial charge in [0.25, 0.3) is 0 Å². The zero-order valence-electron chi connectivity index (χ0n) is 14.4. The summed E-state index contributed by atoms with van der Waals surface area (Å²) in [5, 5.41) is 7.21. The Hall–Kier alpha value is -2.72. The molecule has 1 aromatic heterocycles. The van der Waals surface area contributed by atoms with Crippen LogP contribution in [0.25, 0.3) is 0 Å². The predicted octanol–water partition coefficient (Wildman–Crippen LogP) is 4.77. The van der Waals surface area contributed by atoms with E-state index in [1.54, 1.807) is 6.20 Å². The van der Waals surface area contributed by atoms with Gasteiger partial charge in [-0.05, 0) is 54.4 Å². The first-order chi connectivity index (χ1) is 12.1. The smallest absolute Gasteiger partial charge is 0.172 e. The van der Waals surface area contributed by atoms with Crippen molar-refractivity contribution in [3.63, 3.8) is 0 Å². The molecule has 3 nitrogen and oxygen atoms in total. The maximum atomic E-state index is 5.55. The number of nitrogens with zero attached hydrogens (tertiary/aromatic N) is 1. The highest BCUT2D eigenvalue weighted by Gasteiger charge is 2.17. The lowest BCUT2D eigenvalue weighted by atomic mass is 9.95. The summed E-state index contributed by atoms with van der Waals surface area (Å²) >= 11 is 5.55. The van der Waals surface area contributed by atoms with Crippen molar-refractivity contribution < 1.29 is 0 Å². The summed E-state index contributed by atoms with van der Waals surface area (Å²) in [6.07, 6.45) is 1.76. The second-order valence-electron chi connectivity index (χ2n) is 5.97. The van der Waals surface area contributed by atoms with Crippen LogP contribution >= 0.6 is 12.2 Å². The van der Waals surface area contributed by atoms with Gasteiger partial charge in [0.1, 0.15) is 5.82 Å². The van der Waals surface area contributed by atoms with E-state index in [9.17, 15) is 0 Å². The highest BCUT2D eigenvalue weighted by Crippen LogP contribution is 2.25. The molecule has 0 radical (unpaired) electrons. The van der Waals surface area contributed by atoms with Gasteiger partial charge in [-0.15, -0.1) is 0 Å². The van der Waals surface area contributed by atoms with Crippen LogP contribution < -0.4 is 10.6 Å². The highest BCUT2D eigenvalue weighted by molar-refractivity contribution is 7.80. The van der Waals surface area contributed by atoms with Crippen molar-refractivity contribution in [2.75, 3.05) is 5.32 Å². The van der Waals surface area contributed by atoms with Crippen LogP contribution in [0.5, 0.6) is 0 Å². The average molecular weight is 347 g/mol. The number of nitrogens with one attached hydrogen (secondary N) is 2. The maximum absolute atomic E-state index is 5.55. The average Bonchev–Trinajstić information content (AvgIpc) is 2.63. The number of anilines is 1. The molecule has 3 rings (SSSR count). The molecule has 4 heteroatoms. The number of thiocarbonyl (C=S) groups is 1. The molecule has 0 aliphatic carbocycles. The third kappa shape index (κ3) is 4.22. The molecule has 1 unspecified atom stereocenters. The van der Waals surface area contributed by atoms with Gasteiger partial charge in [0.2, 0.25) is 0 Å². The molecule has 0 saturated carbocycles. The molecule has 0 fully saturated rings. The second kappa shape index (κ2) is 7.90. The van der Waals surface area contributed by atoms with Crippen molar-refractivity contribution in [2.45, 2.75) is 19.9 Å². The first-order valence-corrected chi connectivity index (χ1v) is 8.65. The minimum absolute atomic E-state index is 0.0218. The van der Waals surface area contributed by atoms with Crippen molar-refractivity contribution in [3.8, 4) is 0 Å². The first-order valence-electron chi connectivity index (χ1n) is 8.25. The van der Waals surface area contributed by atoms with E-state index >= 15 is 0 Å². The third-order valence-electron chi connectivity index (χ3n) is 4.15. The van der Waals surface area contributed by atoms with Gasteiger partial charge >= 0.3 is 0 Å². The van der Waals surface area contributed by atoms with Crippen LogP contribution in [0.2, 0.25) is 0 Å². The Bertz CT molecular complexity index is 862. The van der Waals surface area contributed by atoms with E-state index < -0.39 is 0 Å². The van der Waals surface area contributed by atoms with Crippen LogP contribution in [0.4, 0.5) is 5.82 Å². The number of pyridine rings is 1. The summed E-state index contributed by atoms with van der Waals surface area (Å²) in [6.45, 7) is 4.13. The molecule has 2 aromatic carbocycles. The van der Waals surface area contributed by atoms with E-state index in [-0.39, 0.29) is 6.04 Å². The summed E-state index contributed by atoms with van der Waals surface area (Å²) in [7, 11) is 0. The Balaban J connectivity index is 1.87. The maximum Gasteiger partial charge on any atom is 0.172 e. The van der Waals surface area contributed by atoms with Crippen LogP contribution in [-0.2, 0) is 0 Å². The van der Waals surface area contributed by atoms with E-state index in [1.807, 2.05) is 37.3 Å². The lowest BCUT2D eigenvalue weighted by Gasteiger charge is -2.23. The van der Waals surface area contributed by atoms with Gasteiger partial charge in [0.15, 0.2) is 5.11 Å². The van der Waals surface area contributed by atoms with Gasteiger partial charge in [-0.3, -0.25) is 0 Å². The van der Waals surface area contributed by atoms with E-state index in [4.69, 9.17) is 12.2 Å². The summed E-state index contributed by atoms with van der Waals surface area (Å²) < 4.78 is 0. The lowest BCUT2D eigenvalue weighted by Crippen LogP contribution is -2.33. The van der Waals surface area contributed by atoms with Crippen molar-refractivity contribution in [1.82, 2.24) is 10.3 Å². The Morgan fingerprint density at radius 1 is 0.880 bits per heavy atom. The largest absolute Gasteiger partial charge is 0.351 e. The summed E-state index contributed by atoms with van der Waals surface area (Å²) in [5.74, 6) is 0.775. The van der Waals surface area contributed by atoms with Gasteiger partial charge in [0.05, 0.1) is 6.04 Å². The van der Waals surface area contributed by atoms with Gasteiger partial charge in [-0.25, -0.2) is 4.98 Å². The number of rotatable bonds is 4. The number of aryl methyl sites for hydroxylation is 2. The van der Waals surface area contributed by atoms with Gasteiger partial charge < -0.3 is 10.6 Å². The van der Waals surface area contributed by atoms with E-state index in [1.165, 1.54) is 16.7 Å². The monoisotopic (exact) mass is 347 g/mol. The molecule has 0 saturated heterocycles. The first kappa shape index (κ1) is 17.1. The van der Waals surface area contributed by atoms with E-state index in [2.05, 4.69) is 58.9 Å². The normalized spacial score (nSPS) is 11.6. The quantitative estimate of drug-likeness (QED) is 0.666. The highest BCUT2D eigenvalue weighted by atomic mass is 32.1. The summed E-state index contributed by atoms with van der Waals surface area (Å²) in [5.41, 5.74) is 4.65. The zero-order valence-corrected chi connectivity index (χ0v) is 15.2. The van der Waals surface area contributed by atoms with Crippen molar-refractivity contribution in [2.24, 2.45) is 0 Å². The molecular formula is C21H21N3S. The molecule has 0 aliphatic rings. The van der Waals surface area contributed by atoms with Crippen LogP contribution in [0.1, 0.15) is 28.3 Å². The molecule has 1 atom stereocenters. The van der Waals surface area contributed by atoms with E-state index in [0.717, 1.165) is 11.4 Å². The molecular weight excluding hydrogens is 326 g/mol. The number of benzene rings is 2. The van der Waals surface area contributed by atoms with Gasteiger partial charge in [0, 0.05) is 6.20 Å². The zero-order chi connectivity index (χ0) is 17.6. The van der Waals surface area contributed by atoms with E-state index in [0.29, 0.717) is 5.11 Å². The molecule has 1 heterocycles. The summed E-state index contributed by atoms with van der Waals surface area (Å²) in [6, 6.07) is 22.6. The molecule has 2 N–H and O–H groups in total. The number of hydrogen-bond acceptors (Lipinski definition) is 2. The Morgan fingerprint density at radius 2 is 1.56 bits per heavy atom. The minimum atomic E-state index is -0.0218. The van der Waals surface area contributed by atoms with Gasteiger partial charge in [-0.1, -0.05) is 60.7 Å². The SMILES string of the molecule is Cc1ccccc1C(NC(=S)Nc1ncccc1C)c1ccccc1. The molecule has 0 spiro atoms. The Kier molecular flexibility index (Phi) is 5.41. The fourth-order valence-corrected chi connectivity index (χ4v) is 3.00. The molecule has 0 bridgehead atoms. The van der Waals surface area contributed by atoms with Crippen LogP contribution in [0.3, 0.4) is 0 Å². The number of aromatic nitrogens is 1. The fourth-order valence-electron chi connectivity index (χ4n) is 2.79. The number of hydrogen-bond donors (Lipinski definition) is 2. The standard InChI is InChI=1S/C21H21N3S/c1-15-9-6-7-13-18(15)19(17-11-4-3-5-12-17)23-21(25)24-20-16(2)10-8-14-22-20/h3-14,19H,1-2H3,(H2,22,23,24,25). The molecule has 0 amide bonds. The lowest BCUT2D eigenvalue weighted by molar-refractivity contribution is 0.762. The van der Waals surface area contributed by atoms with Crippen molar-refractivity contribution in [3.05, 3.63) is 95.2 Å². The topological polar surface area (TPSA) is 37.0 Å². The van der Waals surface area contributed by atoms with Crippen LogP contribution in [0.15, 0.2) is 72.9 Å². The fraction of sp³-hybridized carbons (Fsp3) is 0.143. The summed E-state index contributed by atoms with van der Waals surface area (Å²) in [4.78, 5) is 4.35.